The summed E-state index contributed by atoms with van der Waals surface area (Å²) in [6.07, 6.45) is 0.580. The SMILES string of the molecule is Cc1cc(Cl)ccc1OCC(=O)Nc1ccc(N2CCN(C(=O)CC(C)C)CC2)c(Cl)c1. The Morgan fingerprint density at radius 1 is 1.06 bits per heavy atom. The number of aryl methyl sites for hydroxylation is 1. The maximum absolute atomic E-state index is 12.3. The fraction of sp³-hybridized carbons (Fsp3) is 0.417. The van der Waals surface area contributed by atoms with E-state index in [0.717, 1.165) is 24.3 Å². The summed E-state index contributed by atoms with van der Waals surface area (Å²) in [5, 5.41) is 3.99. The number of rotatable bonds is 7. The Labute approximate surface area is 199 Å². The molecule has 0 radical (unpaired) electrons. The van der Waals surface area contributed by atoms with Crippen molar-refractivity contribution >= 4 is 46.4 Å². The van der Waals surface area contributed by atoms with E-state index in [1.807, 2.05) is 24.0 Å². The Morgan fingerprint density at radius 2 is 1.78 bits per heavy atom. The van der Waals surface area contributed by atoms with E-state index in [4.69, 9.17) is 27.9 Å². The number of nitrogens with zero attached hydrogens (tertiary/aromatic N) is 2. The molecule has 2 aromatic rings. The summed E-state index contributed by atoms with van der Waals surface area (Å²) in [6, 6.07) is 10.7. The number of benzene rings is 2. The number of piperazine rings is 1. The van der Waals surface area contributed by atoms with E-state index in [2.05, 4.69) is 24.1 Å². The number of nitrogens with one attached hydrogen (secondary N) is 1. The van der Waals surface area contributed by atoms with Crippen LogP contribution in [0.2, 0.25) is 10.0 Å². The van der Waals surface area contributed by atoms with Gasteiger partial charge in [-0.15, -0.1) is 0 Å². The van der Waals surface area contributed by atoms with Crippen LogP contribution in [0.5, 0.6) is 5.75 Å². The summed E-state index contributed by atoms with van der Waals surface area (Å²) in [6.45, 7) is 8.68. The van der Waals surface area contributed by atoms with Crippen LogP contribution in [0.25, 0.3) is 0 Å². The van der Waals surface area contributed by atoms with Gasteiger partial charge >= 0.3 is 0 Å². The quantitative estimate of drug-likeness (QED) is 0.608. The van der Waals surface area contributed by atoms with E-state index in [1.165, 1.54) is 0 Å². The highest BCUT2D eigenvalue weighted by molar-refractivity contribution is 6.33. The van der Waals surface area contributed by atoms with Gasteiger partial charge in [-0.05, 0) is 54.8 Å². The monoisotopic (exact) mass is 477 g/mol. The lowest BCUT2D eigenvalue weighted by molar-refractivity contribution is -0.132. The van der Waals surface area contributed by atoms with Crippen LogP contribution in [0.15, 0.2) is 36.4 Å². The normalized spacial score (nSPS) is 13.9. The van der Waals surface area contributed by atoms with Crippen molar-refractivity contribution in [3.63, 3.8) is 0 Å². The molecule has 172 valence electrons. The summed E-state index contributed by atoms with van der Waals surface area (Å²) < 4.78 is 5.58. The molecule has 8 heteroatoms. The molecule has 0 saturated carbocycles. The van der Waals surface area contributed by atoms with Crippen molar-refractivity contribution in [1.82, 2.24) is 4.90 Å². The van der Waals surface area contributed by atoms with Gasteiger partial charge in [-0.3, -0.25) is 9.59 Å². The zero-order valence-corrected chi connectivity index (χ0v) is 20.2. The second-order valence-corrected chi connectivity index (χ2v) is 9.22. The standard InChI is InChI=1S/C24H29Cl2N3O3/c1-16(2)12-24(31)29-10-8-28(9-11-29)21-6-5-19(14-20(21)26)27-23(30)15-32-22-7-4-18(25)13-17(22)3/h4-7,13-14,16H,8-12,15H2,1-3H3,(H,27,30). The van der Waals surface area contributed by atoms with Gasteiger partial charge in [0, 0.05) is 43.3 Å². The molecule has 1 heterocycles. The molecule has 0 unspecified atom stereocenters. The van der Waals surface area contributed by atoms with Crippen molar-refractivity contribution in [2.24, 2.45) is 5.92 Å². The second-order valence-electron chi connectivity index (χ2n) is 8.38. The molecule has 0 bridgehead atoms. The van der Waals surface area contributed by atoms with E-state index in [0.29, 0.717) is 46.9 Å². The van der Waals surface area contributed by atoms with Gasteiger partial charge in [0.05, 0.1) is 10.7 Å². The largest absolute Gasteiger partial charge is 0.483 e. The van der Waals surface area contributed by atoms with Crippen molar-refractivity contribution in [3.8, 4) is 5.75 Å². The molecule has 32 heavy (non-hydrogen) atoms. The number of amides is 2. The molecular formula is C24H29Cl2N3O3. The molecule has 2 aromatic carbocycles. The lowest BCUT2D eigenvalue weighted by Gasteiger charge is -2.36. The van der Waals surface area contributed by atoms with Crippen molar-refractivity contribution in [1.29, 1.82) is 0 Å². The number of hydrogen-bond donors (Lipinski definition) is 1. The Bertz CT molecular complexity index is 973. The van der Waals surface area contributed by atoms with Crippen LogP contribution in [0.3, 0.4) is 0 Å². The fourth-order valence-corrected chi connectivity index (χ4v) is 4.16. The molecule has 1 aliphatic heterocycles. The van der Waals surface area contributed by atoms with Gasteiger partial charge in [0.1, 0.15) is 5.75 Å². The first-order valence-electron chi connectivity index (χ1n) is 10.7. The summed E-state index contributed by atoms with van der Waals surface area (Å²) in [4.78, 5) is 28.6. The first-order chi connectivity index (χ1) is 15.2. The van der Waals surface area contributed by atoms with Crippen LogP contribution in [-0.2, 0) is 9.59 Å². The zero-order valence-electron chi connectivity index (χ0n) is 18.7. The average molecular weight is 478 g/mol. The van der Waals surface area contributed by atoms with Crippen molar-refractivity contribution in [2.75, 3.05) is 43.0 Å². The van der Waals surface area contributed by atoms with E-state index >= 15 is 0 Å². The number of anilines is 2. The Hall–Kier alpha value is -2.44. The number of ether oxygens (including phenoxy) is 1. The van der Waals surface area contributed by atoms with Crippen LogP contribution < -0.4 is 15.0 Å². The maximum atomic E-state index is 12.3. The number of halogens is 2. The Balaban J connectivity index is 1.52. The minimum Gasteiger partial charge on any atom is -0.483 e. The molecule has 0 aromatic heterocycles. The number of carbonyl (C=O) groups excluding carboxylic acids is 2. The third-order valence-electron chi connectivity index (χ3n) is 5.28. The van der Waals surface area contributed by atoms with Crippen molar-refractivity contribution < 1.29 is 14.3 Å². The van der Waals surface area contributed by atoms with Gasteiger partial charge in [0.25, 0.3) is 5.91 Å². The zero-order chi connectivity index (χ0) is 23.3. The Kier molecular flexibility index (Phi) is 8.26. The van der Waals surface area contributed by atoms with Crippen LogP contribution >= 0.6 is 23.2 Å². The number of hydrogen-bond acceptors (Lipinski definition) is 4. The summed E-state index contributed by atoms with van der Waals surface area (Å²) in [5.41, 5.74) is 2.36. The topological polar surface area (TPSA) is 61.9 Å². The van der Waals surface area contributed by atoms with Gasteiger partial charge < -0.3 is 19.9 Å². The summed E-state index contributed by atoms with van der Waals surface area (Å²) >= 11 is 12.4. The van der Waals surface area contributed by atoms with Gasteiger partial charge in [0.2, 0.25) is 5.91 Å². The van der Waals surface area contributed by atoms with E-state index in [-0.39, 0.29) is 18.4 Å². The molecule has 0 spiro atoms. The first kappa shape index (κ1) is 24.2. The lowest BCUT2D eigenvalue weighted by atomic mass is 10.1. The van der Waals surface area contributed by atoms with Crippen LogP contribution in [0.1, 0.15) is 25.8 Å². The highest BCUT2D eigenvalue weighted by Crippen LogP contribution is 2.30. The van der Waals surface area contributed by atoms with Crippen LogP contribution in [0, 0.1) is 12.8 Å². The summed E-state index contributed by atoms with van der Waals surface area (Å²) in [7, 11) is 0. The lowest BCUT2D eigenvalue weighted by Crippen LogP contribution is -2.49. The predicted molar refractivity (Wildman–Crippen MR) is 130 cm³/mol. The van der Waals surface area contributed by atoms with Gasteiger partial charge in [-0.2, -0.15) is 0 Å². The van der Waals surface area contributed by atoms with E-state index in [1.54, 1.807) is 24.3 Å². The van der Waals surface area contributed by atoms with Gasteiger partial charge in [-0.1, -0.05) is 37.0 Å². The van der Waals surface area contributed by atoms with Gasteiger partial charge in [-0.25, -0.2) is 0 Å². The number of carbonyl (C=O) groups is 2. The van der Waals surface area contributed by atoms with Gasteiger partial charge in [0.15, 0.2) is 6.61 Å². The van der Waals surface area contributed by atoms with E-state index < -0.39 is 0 Å². The molecule has 1 aliphatic rings. The highest BCUT2D eigenvalue weighted by atomic mass is 35.5. The minimum absolute atomic E-state index is 0.117. The van der Waals surface area contributed by atoms with Crippen molar-refractivity contribution in [2.45, 2.75) is 27.2 Å². The van der Waals surface area contributed by atoms with Crippen LogP contribution in [-0.4, -0.2) is 49.5 Å². The first-order valence-corrected chi connectivity index (χ1v) is 11.5. The van der Waals surface area contributed by atoms with E-state index in [9.17, 15) is 9.59 Å². The molecule has 6 nitrogen and oxygen atoms in total. The third-order valence-corrected chi connectivity index (χ3v) is 5.82. The minimum atomic E-state index is -0.277. The smallest absolute Gasteiger partial charge is 0.262 e. The Morgan fingerprint density at radius 3 is 2.41 bits per heavy atom. The molecule has 1 fully saturated rings. The highest BCUT2D eigenvalue weighted by Gasteiger charge is 2.23. The predicted octanol–water partition coefficient (Wildman–Crippen LogP) is 5.01. The molecule has 3 rings (SSSR count). The molecular weight excluding hydrogens is 449 g/mol. The second kappa shape index (κ2) is 10.9. The van der Waals surface area contributed by atoms with Crippen LogP contribution in [0.4, 0.5) is 11.4 Å². The maximum Gasteiger partial charge on any atom is 0.262 e. The summed E-state index contributed by atoms with van der Waals surface area (Å²) in [5.74, 6) is 0.905. The molecule has 1 saturated heterocycles. The average Bonchev–Trinajstić information content (AvgIpc) is 2.73. The molecule has 1 N–H and O–H groups in total. The molecule has 0 aliphatic carbocycles. The molecule has 0 atom stereocenters. The molecule has 2 amide bonds. The third kappa shape index (κ3) is 6.53. The van der Waals surface area contributed by atoms with Crippen molar-refractivity contribution in [3.05, 3.63) is 52.0 Å². The fourth-order valence-electron chi connectivity index (χ4n) is 3.63.